The SMILES string of the molecule is CNCc1cc(Cl)cc(S(=O)(=O)NCC2CCCC2)c1F. The van der Waals surface area contributed by atoms with E-state index in [-0.39, 0.29) is 22.0 Å². The van der Waals surface area contributed by atoms with Crippen LogP contribution in [0.2, 0.25) is 5.02 Å². The fourth-order valence-electron chi connectivity index (χ4n) is 2.65. The Kier molecular flexibility index (Phi) is 5.60. The summed E-state index contributed by atoms with van der Waals surface area (Å²) in [6, 6.07) is 2.59. The zero-order valence-corrected chi connectivity index (χ0v) is 13.5. The van der Waals surface area contributed by atoms with Crippen LogP contribution in [0.1, 0.15) is 31.2 Å². The fourth-order valence-corrected chi connectivity index (χ4v) is 4.22. The molecule has 1 saturated carbocycles. The maximum atomic E-state index is 14.3. The molecule has 118 valence electrons. The van der Waals surface area contributed by atoms with E-state index in [0.717, 1.165) is 31.7 Å². The van der Waals surface area contributed by atoms with Crippen molar-refractivity contribution in [2.75, 3.05) is 13.6 Å². The molecule has 2 N–H and O–H groups in total. The molecule has 0 atom stereocenters. The van der Waals surface area contributed by atoms with Crippen molar-refractivity contribution in [1.82, 2.24) is 10.0 Å². The van der Waals surface area contributed by atoms with Gasteiger partial charge in [-0.15, -0.1) is 0 Å². The van der Waals surface area contributed by atoms with Gasteiger partial charge >= 0.3 is 0 Å². The molecule has 0 spiro atoms. The molecule has 1 aliphatic carbocycles. The van der Waals surface area contributed by atoms with Gasteiger partial charge in [-0.3, -0.25) is 0 Å². The molecule has 0 amide bonds. The molecule has 0 unspecified atom stereocenters. The van der Waals surface area contributed by atoms with Gasteiger partial charge in [0.25, 0.3) is 0 Å². The van der Waals surface area contributed by atoms with E-state index in [1.807, 2.05) is 0 Å². The summed E-state index contributed by atoms with van der Waals surface area (Å²) in [5.74, 6) is -0.397. The third-order valence-electron chi connectivity index (χ3n) is 3.77. The second-order valence-electron chi connectivity index (χ2n) is 5.41. The minimum Gasteiger partial charge on any atom is -0.316 e. The maximum Gasteiger partial charge on any atom is 0.243 e. The summed E-state index contributed by atoms with van der Waals surface area (Å²) in [7, 11) is -2.22. The predicted molar refractivity (Wildman–Crippen MR) is 81.3 cm³/mol. The predicted octanol–water partition coefficient (Wildman–Crippen LogP) is 2.67. The zero-order valence-electron chi connectivity index (χ0n) is 12.0. The van der Waals surface area contributed by atoms with Gasteiger partial charge in [0.15, 0.2) is 0 Å². The lowest BCUT2D eigenvalue weighted by molar-refractivity contribution is 0.512. The molecule has 1 aliphatic rings. The van der Waals surface area contributed by atoms with E-state index in [0.29, 0.717) is 12.5 Å². The quantitative estimate of drug-likeness (QED) is 0.841. The highest BCUT2D eigenvalue weighted by Gasteiger charge is 2.24. The van der Waals surface area contributed by atoms with Crippen LogP contribution in [-0.2, 0) is 16.6 Å². The molecule has 0 radical (unpaired) electrons. The van der Waals surface area contributed by atoms with Crippen molar-refractivity contribution in [3.63, 3.8) is 0 Å². The van der Waals surface area contributed by atoms with Crippen molar-refractivity contribution in [3.05, 3.63) is 28.5 Å². The lowest BCUT2D eigenvalue weighted by Crippen LogP contribution is -2.29. The molecule has 0 aliphatic heterocycles. The average molecular weight is 335 g/mol. The summed E-state index contributed by atoms with van der Waals surface area (Å²) in [5, 5.41) is 3.00. The molecule has 0 aromatic heterocycles. The van der Waals surface area contributed by atoms with E-state index in [2.05, 4.69) is 10.0 Å². The number of halogens is 2. The standard InChI is InChI=1S/C14H20ClFN2O2S/c1-17-9-11-6-12(15)7-13(14(11)16)21(19,20)18-8-10-4-2-3-5-10/h6-7,10,17-18H,2-5,8-9H2,1H3. The third-order valence-corrected chi connectivity index (χ3v) is 5.41. The van der Waals surface area contributed by atoms with Crippen LogP contribution in [0.5, 0.6) is 0 Å². The molecular weight excluding hydrogens is 315 g/mol. The minimum atomic E-state index is -3.88. The monoisotopic (exact) mass is 334 g/mol. The molecular formula is C14H20ClFN2O2S. The van der Waals surface area contributed by atoms with Gasteiger partial charge in [-0.2, -0.15) is 0 Å². The zero-order chi connectivity index (χ0) is 15.5. The van der Waals surface area contributed by atoms with Gasteiger partial charge in [0, 0.05) is 23.7 Å². The van der Waals surface area contributed by atoms with Crippen LogP contribution in [0.25, 0.3) is 0 Å². The summed E-state index contributed by atoms with van der Waals surface area (Å²) in [4.78, 5) is -0.377. The van der Waals surface area contributed by atoms with Crippen molar-refractivity contribution in [2.24, 2.45) is 5.92 Å². The summed E-state index contributed by atoms with van der Waals surface area (Å²) in [6.07, 6.45) is 4.30. The Morgan fingerprint density at radius 2 is 2.00 bits per heavy atom. The van der Waals surface area contributed by atoms with Crippen LogP contribution in [-0.4, -0.2) is 22.0 Å². The van der Waals surface area contributed by atoms with Crippen LogP contribution < -0.4 is 10.0 Å². The molecule has 21 heavy (non-hydrogen) atoms. The molecule has 7 heteroatoms. The lowest BCUT2D eigenvalue weighted by atomic mass is 10.1. The molecule has 0 saturated heterocycles. The van der Waals surface area contributed by atoms with Crippen LogP contribution in [0.3, 0.4) is 0 Å². The first-order chi connectivity index (χ1) is 9.94. The first kappa shape index (κ1) is 16.7. The Labute approximate surface area is 130 Å². The van der Waals surface area contributed by atoms with Gasteiger partial charge in [-0.25, -0.2) is 17.5 Å². The summed E-state index contributed by atoms with van der Waals surface area (Å²) < 4.78 is 41.4. The number of rotatable bonds is 6. The molecule has 0 heterocycles. The largest absolute Gasteiger partial charge is 0.316 e. The highest BCUT2D eigenvalue weighted by molar-refractivity contribution is 7.89. The van der Waals surface area contributed by atoms with Gasteiger partial charge < -0.3 is 5.32 Å². The topological polar surface area (TPSA) is 58.2 Å². The normalized spacial score (nSPS) is 16.5. The van der Waals surface area contributed by atoms with E-state index in [4.69, 9.17) is 11.6 Å². The Hall–Kier alpha value is -0.690. The minimum absolute atomic E-state index is 0.211. The van der Waals surface area contributed by atoms with Crippen LogP contribution in [0, 0.1) is 11.7 Å². The maximum absolute atomic E-state index is 14.3. The smallest absolute Gasteiger partial charge is 0.243 e. The lowest BCUT2D eigenvalue weighted by Gasteiger charge is -2.13. The van der Waals surface area contributed by atoms with Gasteiger partial charge in [0.2, 0.25) is 10.0 Å². The number of hydrogen-bond donors (Lipinski definition) is 2. The first-order valence-electron chi connectivity index (χ1n) is 7.06. The Morgan fingerprint density at radius 1 is 1.33 bits per heavy atom. The van der Waals surface area contributed by atoms with Gasteiger partial charge in [-0.05, 0) is 37.9 Å². The summed E-state index contributed by atoms with van der Waals surface area (Å²) >= 11 is 5.90. The molecule has 0 bridgehead atoms. The van der Waals surface area contributed by atoms with Crippen LogP contribution in [0.4, 0.5) is 4.39 Å². The number of hydrogen-bond acceptors (Lipinski definition) is 3. The van der Waals surface area contributed by atoms with Crippen molar-refractivity contribution in [3.8, 4) is 0 Å². The summed E-state index contributed by atoms with van der Waals surface area (Å²) in [6.45, 7) is 0.577. The van der Waals surface area contributed by atoms with Gasteiger partial charge in [0.05, 0.1) is 0 Å². The second kappa shape index (κ2) is 7.05. The average Bonchev–Trinajstić information content (AvgIpc) is 2.94. The van der Waals surface area contributed by atoms with Crippen LogP contribution >= 0.6 is 11.6 Å². The summed E-state index contributed by atoms with van der Waals surface area (Å²) in [5.41, 5.74) is 0.242. The Balaban J connectivity index is 2.21. The highest BCUT2D eigenvalue weighted by atomic mass is 35.5. The van der Waals surface area contributed by atoms with Gasteiger partial charge in [0.1, 0.15) is 10.7 Å². The number of nitrogens with one attached hydrogen (secondary N) is 2. The third kappa shape index (κ3) is 4.16. The fraction of sp³-hybridized carbons (Fsp3) is 0.571. The molecule has 1 aromatic rings. The molecule has 2 rings (SSSR count). The highest BCUT2D eigenvalue weighted by Crippen LogP contribution is 2.26. The Morgan fingerprint density at radius 3 is 2.62 bits per heavy atom. The van der Waals surface area contributed by atoms with Crippen molar-refractivity contribution < 1.29 is 12.8 Å². The van der Waals surface area contributed by atoms with Crippen molar-refractivity contribution in [2.45, 2.75) is 37.1 Å². The van der Waals surface area contributed by atoms with E-state index < -0.39 is 15.8 Å². The van der Waals surface area contributed by atoms with E-state index in [1.54, 1.807) is 7.05 Å². The number of sulfonamides is 1. The van der Waals surface area contributed by atoms with E-state index in [1.165, 1.54) is 6.07 Å². The van der Waals surface area contributed by atoms with Crippen LogP contribution in [0.15, 0.2) is 17.0 Å². The Bertz CT molecular complexity index is 601. The second-order valence-corrected chi connectivity index (χ2v) is 7.58. The molecule has 1 aromatic carbocycles. The number of benzene rings is 1. The first-order valence-corrected chi connectivity index (χ1v) is 8.92. The molecule has 1 fully saturated rings. The van der Waals surface area contributed by atoms with Crippen molar-refractivity contribution >= 4 is 21.6 Å². The van der Waals surface area contributed by atoms with E-state index in [9.17, 15) is 12.8 Å². The van der Waals surface area contributed by atoms with Crippen molar-refractivity contribution in [1.29, 1.82) is 0 Å². The van der Waals surface area contributed by atoms with Gasteiger partial charge in [-0.1, -0.05) is 24.4 Å². The molecule has 4 nitrogen and oxygen atoms in total. The van der Waals surface area contributed by atoms with E-state index >= 15 is 0 Å².